The van der Waals surface area contributed by atoms with Crippen molar-refractivity contribution in [3.63, 3.8) is 0 Å². The van der Waals surface area contributed by atoms with Crippen molar-refractivity contribution in [1.29, 1.82) is 0 Å². The van der Waals surface area contributed by atoms with Crippen LogP contribution in [0.1, 0.15) is 24.8 Å². The number of nitrogens with zero attached hydrogens (tertiary/aromatic N) is 1. The molecular weight excluding hydrogens is 334 g/mol. The standard InChI is InChI=1S/C15H23N3O3S2/c1-16-23(20,21)11-14(19)18(9-12-2-7-22-10-12)13-8-15(13)3-5-17-6-4-15/h2,7,10,13,16-17H,3-6,8-9,11H2,1H3/t13-/m0/s1. The lowest BCUT2D eigenvalue weighted by Gasteiger charge is -2.29. The average molecular weight is 358 g/mol. The largest absolute Gasteiger partial charge is 0.334 e. The van der Waals surface area contributed by atoms with Crippen LogP contribution in [0.15, 0.2) is 16.8 Å². The molecule has 3 rings (SSSR count). The maximum absolute atomic E-state index is 12.6. The number of nitrogens with one attached hydrogen (secondary N) is 2. The Labute approximate surface area is 141 Å². The summed E-state index contributed by atoms with van der Waals surface area (Å²) in [6, 6.07) is 2.17. The van der Waals surface area contributed by atoms with Crippen LogP contribution in [0.2, 0.25) is 0 Å². The molecule has 1 amide bonds. The minimum absolute atomic E-state index is 0.170. The third kappa shape index (κ3) is 3.76. The summed E-state index contributed by atoms with van der Waals surface area (Å²) in [6.07, 6.45) is 3.11. The summed E-state index contributed by atoms with van der Waals surface area (Å²) in [5.41, 5.74) is 1.27. The fourth-order valence-corrected chi connectivity index (χ4v) is 4.79. The van der Waals surface area contributed by atoms with Gasteiger partial charge in [-0.1, -0.05) is 0 Å². The molecule has 6 nitrogen and oxygen atoms in total. The first-order valence-corrected chi connectivity index (χ1v) is 10.5. The zero-order valence-corrected chi connectivity index (χ0v) is 14.9. The van der Waals surface area contributed by atoms with Crippen LogP contribution in [0, 0.1) is 5.41 Å². The van der Waals surface area contributed by atoms with Gasteiger partial charge in [0.25, 0.3) is 0 Å². The van der Waals surface area contributed by atoms with Gasteiger partial charge in [-0.05, 0) is 67.2 Å². The highest BCUT2D eigenvalue weighted by Gasteiger charge is 2.57. The molecule has 1 spiro atoms. The third-order valence-corrected chi connectivity index (χ3v) is 6.98. The third-order valence-electron chi connectivity index (χ3n) is 5.00. The summed E-state index contributed by atoms with van der Waals surface area (Å²) in [4.78, 5) is 14.4. The van der Waals surface area contributed by atoms with Crippen LogP contribution in [-0.4, -0.2) is 51.2 Å². The number of sulfonamides is 1. The molecule has 1 atom stereocenters. The van der Waals surface area contributed by atoms with E-state index in [1.807, 2.05) is 16.8 Å². The van der Waals surface area contributed by atoms with Crippen LogP contribution >= 0.6 is 11.3 Å². The number of piperidine rings is 1. The first-order chi connectivity index (χ1) is 11.0. The molecule has 0 bridgehead atoms. The van der Waals surface area contributed by atoms with Crippen LogP contribution in [-0.2, 0) is 21.4 Å². The zero-order valence-electron chi connectivity index (χ0n) is 13.2. The Kier molecular flexibility index (Phi) is 4.78. The predicted octanol–water partition coefficient (Wildman–Crippen LogP) is 0.768. The van der Waals surface area contributed by atoms with Gasteiger partial charge in [-0.25, -0.2) is 13.1 Å². The number of hydrogen-bond donors (Lipinski definition) is 2. The maximum Gasteiger partial charge on any atom is 0.239 e. The molecule has 1 saturated carbocycles. The van der Waals surface area contributed by atoms with E-state index in [1.165, 1.54) is 7.05 Å². The maximum atomic E-state index is 12.6. The quantitative estimate of drug-likeness (QED) is 0.788. The smallest absolute Gasteiger partial charge is 0.239 e. The van der Waals surface area contributed by atoms with Crippen molar-refractivity contribution in [3.8, 4) is 0 Å². The van der Waals surface area contributed by atoms with E-state index in [-0.39, 0.29) is 17.4 Å². The SMILES string of the molecule is CNS(=O)(=O)CC(=O)N(Cc1ccsc1)[C@H]1CC12CCNCC2. The second kappa shape index (κ2) is 6.51. The van der Waals surface area contributed by atoms with Gasteiger partial charge in [-0.3, -0.25) is 4.79 Å². The first kappa shape index (κ1) is 16.9. The summed E-state index contributed by atoms with van der Waals surface area (Å²) in [7, 11) is -2.20. The molecule has 1 aliphatic carbocycles. The molecule has 23 heavy (non-hydrogen) atoms. The molecule has 1 aromatic rings. The van der Waals surface area contributed by atoms with Gasteiger partial charge in [-0.15, -0.1) is 0 Å². The fourth-order valence-electron chi connectivity index (χ4n) is 3.50. The highest BCUT2D eigenvalue weighted by molar-refractivity contribution is 7.90. The molecule has 1 aromatic heterocycles. The van der Waals surface area contributed by atoms with Gasteiger partial charge in [0.05, 0.1) is 0 Å². The predicted molar refractivity (Wildman–Crippen MR) is 90.7 cm³/mol. The normalized spacial score (nSPS) is 22.9. The molecule has 0 unspecified atom stereocenters. The van der Waals surface area contributed by atoms with E-state index < -0.39 is 15.8 Å². The molecule has 8 heteroatoms. The molecule has 2 N–H and O–H groups in total. The number of hydrogen-bond acceptors (Lipinski definition) is 5. The second-order valence-electron chi connectivity index (χ2n) is 6.45. The van der Waals surface area contributed by atoms with Gasteiger partial charge in [0, 0.05) is 12.6 Å². The minimum atomic E-state index is -3.54. The van der Waals surface area contributed by atoms with Gasteiger partial charge in [0.15, 0.2) is 0 Å². The summed E-state index contributed by atoms with van der Waals surface area (Å²) >= 11 is 1.59. The van der Waals surface area contributed by atoms with Gasteiger partial charge < -0.3 is 10.2 Å². The van der Waals surface area contributed by atoms with E-state index in [0.29, 0.717) is 6.54 Å². The molecule has 1 aliphatic heterocycles. The Morgan fingerprint density at radius 1 is 1.48 bits per heavy atom. The summed E-state index contributed by atoms with van der Waals surface area (Å²) in [5.74, 6) is -0.774. The Morgan fingerprint density at radius 3 is 2.83 bits per heavy atom. The number of carbonyl (C=O) groups is 1. The monoisotopic (exact) mass is 357 g/mol. The first-order valence-electron chi connectivity index (χ1n) is 7.88. The lowest BCUT2D eigenvalue weighted by molar-refractivity contribution is -0.130. The molecule has 2 heterocycles. The molecular formula is C15H23N3O3S2. The van der Waals surface area contributed by atoms with Crippen molar-refractivity contribution < 1.29 is 13.2 Å². The average Bonchev–Trinajstić information content (AvgIpc) is 2.97. The Morgan fingerprint density at radius 2 is 2.22 bits per heavy atom. The Bertz CT molecular complexity index is 652. The van der Waals surface area contributed by atoms with Crippen molar-refractivity contribution in [2.24, 2.45) is 5.41 Å². The summed E-state index contributed by atoms with van der Waals surface area (Å²) in [6.45, 7) is 2.46. The van der Waals surface area contributed by atoms with E-state index >= 15 is 0 Å². The topological polar surface area (TPSA) is 78.5 Å². The van der Waals surface area contributed by atoms with Gasteiger partial charge >= 0.3 is 0 Å². The van der Waals surface area contributed by atoms with Crippen molar-refractivity contribution in [2.75, 3.05) is 25.9 Å². The van der Waals surface area contributed by atoms with Crippen LogP contribution in [0.5, 0.6) is 0 Å². The lowest BCUT2D eigenvalue weighted by atomic mass is 9.93. The fraction of sp³-hybridized carbons (Fsp3) is 0.667. The summed E-state index contributed by atoms with van der Waals surface area (Å²) < 4.78 is 25.8. The molecule has 2 fully saturated rings. The number of amides is 1. The highest BCUT2D eigenvalue weighted by Crippen LogP contribution is 2.56. The number of rotatable bonds is 6. The second-order valence-corrected chi connectivity index (χ2v) is 9.16. The molecule has 0 radical (unpaired) electrons. The summed E-state index contributed by atoms with van der Waals surface area (Å²) in [5, 5.41) is 7.35. The van der Waals surface area contributed by atoms with Crippen LogP contribution in [0.4, 0.5) is 0 Å². The van der Waals surface area contributed by atoms with E-state index in [9.17, 15) is 13.2 Å². The molecule has 128 valence electrons. The zero-order chi connectivity index (χ0) is 16.5. The van der Waals surface area contributed by atoms with E-state index in [1.54, 1.807) is 16.2 Å². The number of thiophene rings is 1. The van der Waals surface area contributed by atoms with Crippen LogP contribution in [0.25, 0.3) is 0 Å². The van der Waals surface area contributed by atoms with E-state index in [2.05, 4.69) is 10.0 Å². The van der Waals surface area contributed by atoms with E-state index in [4.69, 9.17) is 0 Å². The Hall–Kier alpha value is -0.960. The lowest BCUT2D eigenvalue weighted by Crippen LogP contribution is -2.42. The molecule has 1 saturated heterocycles. The van der Waals surface area contributed by atoms with Gasteiger partial charge in [0.1, 0.15) is 5.75 Å². The van der Waals surface area contributed by atoms with Crippen molar-refractivity contribution in [3.05, 3.63) is 22.4 Å². The molecule has 2 aliphatic rings. The van der Waals surface area contributed by atoms with Gasteiger partial charge in [0.2, 0.25) is 15.9 Å². The Balaban J connectivity index is 1.76. The van der Waals surface area contributed by atoms with Crippen molar-refractivity contribution in [1.82, 2.24) is 14.9 Å². The minimum Gasteiger partial charge on any atom is -0.334 e. The number of carbonyl (C=O) groups excluding carboxylic acids is 1. The molecule has 0 aromatic carbocycles. The van der Waals surface area contributed by atoms with Crippen LogP contribution in [0.3, 0.4) is 0 Å². The van der Waals surface area contributed by atoms with Crippen LogP contribution < -0.4 is 10.0 Å². The van der Waals surface area contributed by atoms with Gasteiger partial charge in [-0.2, -0.15) is 11.3 Å². The van der Waals surface area contributed by atoms with Crippen molar-refractivity contribution >= 4 is 27.3 Å². The highest BCUT2D eigenvalue weighted by atomic mass is 32.2. The van der Waals surface area contributed by atoms with Crippen molar-refractivity contribution in [2.45, 2.75) is 31.8 Å². The van der Waals surface area contributed by atoms with E-state index in [0.717, 1.165) is 37.9 Å².